The highest BCUT2D eigenvalue weighted by atomic mass is 19.1. The van der Waals surface area contributed by atoms with Gasteiger partial charge in [0.15, 0.2) is 0 Å². The number of aromatic carboxylic acids is 1. The van der Waals surface area contributed by atoms with Crippen molar-refractivity contribution < 1.29 is 14.3 Å². The van der Waals surface area contributed by atoms with E-state index in [0.29, 0.717) is 22.0 Å². The Hall–Kier alpha value is -3.02. The molecule has 0 spiro atoms. The first-order valence-electron chi connectivity index (χ1n) is 6.08. The molecule has 0 aliphatic heterocycles. The van der Waals surface area contributed by atoms with Gasteiger partial charge in [0.1, 0.15) is 5.82 Å². The average molecular weight is 284 g/mol. The van der Waals surface area contributed by atoms with Crippen molar-refractivity contribution in [2.24, 2.45) is 0 Å². The highest BCUT2D eigenvalue weighted by Crippen LogP contribution is 2.25. The molecule has 1 heterocycles. The van der Waals surface area contributed by atoms with E-state index in [2.05, 4.69) is 10.2 Å². The zero-order valence-electron chi connectivity index (χ0n) is 10.6. The van der Waals surface area contributed by atoms with Gasteiger partial charge in [0.2, 0.25) is 0 Å². The summed E-state index contributed by atoms with van der Waals surface area (Å²) < 4.78 is 13.5. The Bertz CT molecular complexity index is 918. The molecule has 3 rings (SSSR count). The number of aromatic nitrogens is 2. The van der Waals surface area contributed by atoms with Gasteiger partial charge in [0.25, 0.3) is 5.56 Å². The van der Waals surface area contributed by atoms with Crippen LogP contribution in [0.25, 0.3) is 22.0 Å². The number of halogens is 1. The molecule has 1 aromatic heterocycles. The van der Waals surface area contributed by atoms with Gasteiger partial charge in [-0.25, -0.2) is 14.3 Å². The first kappa shape index (κ1) is 13.0. The molecule has 0 saturated carbocycles. The number of nitrogens with one attached hydrogen (secondary N) is 1. The molecule has 2 N–H and O–H groups in total. The topological polar surface area (TPSA) is 83.0 Å². The Balaban J connectivity index is 2.31. The molecule has 0 bridgehead atoms. The van der Waals surface area contributed by atoms with Crippen molar-refractivity contribution >= 4 is 16.7 Å². The van der Waals surface area contributed by atoms with Gasteiger partial charge in [0.05, 0.1) is 16.6 Å². The lowest BCUT2D eigenvalue weighted by molar-refractivity contribution is 0.0692. The van der Waals surface area contributed by atoms with Gasteiger partial charge in [-0.1, -0.05) is 18.2 Å². The smallest absolute Gasteiger partial charge is 0.338 e. The first-order valence-corrected chi connectivity index (χ1v) is 6.08. The molecule has 0 aliphatic rings. The summed E-state index contributed by atoms with van der Waals surface area (Å²) in [4.78, 5) is 22.7. The van der Waals surface area contributed by atoms with E-state index < -0.39 is 17.3 Å². The maximum atomic E-state index is 13.5. The van der Waals surface area contributed by atoms with Crippen molar-refractivity contribution in [2.45, 2.75) is 0 Å². The summed E-state index contributed by atoms with van der Waals surface area (Å²) in [5, 5.41) is 16.3. The van der Waals surface area contributed by atoms with Crippen LogP contribution >= 0.6 is 0 Å². The summed E-state index contributed by atoms with van der Waals surface area (Å²) in [6, 6.07) is 10.5. The number of carboxylic acids is 1. The standard InChI is InChI=1S/C15H9FN2O3/c16-12-6-5-8(7-11(12)15(20)21)13-9-3-1-2-4-10(9)14(19)18-17-13/h1-7H,(H,18,19)(H,20,21). The number of benzene rings is 2. The molecule has 0 amide bonds. The van der Waals surface area contributed by atoms with Gasteiger partial charge in [0, 0.05) is 10.9 Å². The summed E-state index contributed by atoms with van der Waals surface area (Å²) >= 11 is 0. The zero-order chi connectivity index (χ0) is 15.0. The number of carbonyl (C=O) groups is 1. The third-order valence-corrected chi connectivity index (χ3v) is 3.17. The van der Waals surface area contributed by atoms with Crippen LogP contribution in [-0.4, -0.2) is 21.3 Å². The predicted molar refractivity (Wildman–Crippen MR) is 74.7 cm³/mol. The Kier molecular flexibility index (Phi) is 2.98. The summed E-state index contributed by atoms with van der Waals surface area (Å²) in [6.07, 6.45) is 0. The molecule has 0 fully saturated rings. The number of rotatable bonds is 2. The third-order valence-electron chi connectivity index (χ3n) is 3.17. The van der Waals surface area contributed by atoms with Crippen LogP contribution < -0.4 is 5.56 Å². The van der Waals surface area contributed by atoms with Crippen molar-refractivity contribution in [1.29, 1.82) is 0 Å². The van der Waals surface area contributed by atoms with Crippen LogP contribution in [0, 0.1) is 5.82 Å². The van der Waals surface area contributed by atoms with E-state index in [0.717, 1.165) is 6.07 Å². The Morgan fingerprint density at radius 2 is 1.86 bits per heavy atom. The minimum absolute atomic E-state index is 0.338. The van der Waals surface area contributed by atoms with Gasteiger partial charge < -0.3 is 5.11 Å². The summed E-state index contributed by atoms with van der Waals surface area (Å²) in [5.74, 6) is -2.18. The number of aromatic amines is 1. The van der Waals surface area contributed by atoms with E-state index in [-0.39, 0.29) is 5.56 Å². The summed E-state index contributed by atoms with van der Waals surface area (Å²) in [7, 11) is 0. The Morgan fingerprint density at radius 3 is 2.57 bits per heavy atom. The molecular formula is C15H9FN2O3. The molecule has 104 valence electrons. The van der Waals surface area contributed by atoms with E-state index in [1.54, 1.807) is 24.3 Å². The van der Waals surface area contributed by atoms with E-state index >= 15 is 0 Å². The molecule has 0 aliphatic carbocycles. The van der Waals surface area contributed by atoms with E-state index in [4.69, 9.17) is 5.11 Å². The molecule has 3 aromatic rings. The highest BCUT2D eigenvalue weighted by Gasteiger charge is 2.14. The van der Waals surface area contributed by atoms with Crippen molar-refractivity contribution in [3.05, 3.63) is 64.2 Å². The van der Waals surface area contributed by atoms with Crippen molar-refractivity contribution in [3.63, 3.8) is 0 Å². The van der Waals surface area contributed by atoms with Gasteiger partial charge in [-0.3, -0.25) is 4.79 Å². The van der Waals surface area contributed by atoms with Crippen molar-refractivity contribution in [2.75, 3.05) is 0 Å². The SMILES string of the molecule is O=C(O)c1cc(-c2n[nH]c(=O)c3ccccc23)ccc1F. The van der Waals surface area contributed by atoms with Gasteiger partial charge >= 0.3 is 5.97 Å². The van der Waals surface area contributed by atoms with Gasteiger partial charge in [-0.2, -0.15) is 5.10 Å². The van der Waals surface area contributed by atoms with Crippen LogP contribution in [0.3, 0.4) is 0 Å². The Morgan fingerprint density at radius 1 is 1.14 bits per heavy atom. The summed E-state index contributed by atoms with van der Waals surface area (Å²) in [5.41, 5.74) is 0.0356. The number of hydrogen-bond acceptors (Lipinski definition) is 3. The maximum Gasteiger partial charge on any atom is 0.338 e. The van der Waals surface area contributed by atoms with Crippen molar-refractivity contribution in [1.82, 2.24) is 10.2 Å². The number of carboxylic acid groups (broad SMARTS) is 1. The van der Waals surface area contributed by atoms with Crippen LogP contribution in [0.4, 0.5) is 4.39 Å². The van der Waals surface area contributed by atoms with Gasteiger partial charge in [-0.05, 0) is 24.3 Å². The summed E-state index contributed by atoms with van der Waals surface area (Å²) in [6.45, 7) is 0. The quantitative estimate of drug-likeness (QED) is 0.757. The minimum atomic E-state index is -1.36. The molecule has 0 atom stereocenters. The number of fused-ring (bicyclic) bond motifs is 1. The lowest BCUT2D eigenvalue weighted by Crippen LogP contribution is -2.09. The normalized spacial score (nSPS) is 10.7. The lowest BCUT2D eigenvalue weighted by Gasteiger charge is -2.06. The molecule has 2 aromatic carbocycles. The highest BCUT2D eigenvalue weighted by molar-refractivity contribution is 5.95. The van der Waals surface area contributed by atoms with Crippen LogP contribution in [0.1, 0.15) is 10.4 Å². The molecule has 0 saturated heterocycles. The fraction of sp³-hybridized carbons (Fsp3) is 0. The number of H-pyrrole nitrogens is 1. The monoisotopic (exact) mass is 284 g/mol. The largest absolute Gasteiger partial charge is 0.478 e. The Labute approximate surface area is 117 Å². The number of nitrogens with zero attached hydrogens (tertiary/aromatic N) is 1. The van der Waals surface area contributed by atoms with Crippen LogP contribution in [0.15, 0.2) is 47.3 Å². The maximum absolute atomic E-state index is 13.5. The molecule has 5 nitrogen and oxygen atoms in total. The molecule has 0 unspecified atom stereocenters. The fourth-order valence-corrected chi connectivity index (χ4v) is 2.17. The predicted octanol–water partition coefficient (Wildman–Crippen LogP) is 2.43. The van der Waals surface area contributed by atoms with Crippen LogP contribution in [0.2, 0.25) is 0 Å². The van der Waals surface area contributed by atoms with Crippen LogP contribution in [0.5, 0.6) is 0 Å². The second-order valence-corrected chi connectivity index (χ2v) is 4.45. The molecular weight excluding hydrogens is 275 g/mol. The van der Waals surface area contributed by atoms with E-state index in [1.165, 1.54) is 12.1 Å². The second-order valence-electron chi connectivity index (χ2n) is 4.45. The van der Waals surface area contributed by atoms with Gasteiger partial charge in [-0.15, -0.1) is 0 Å². The third kappa shape index (κ3) is 2.16. The first-order chi connectivity index (χ1) is 10.1. The lowest BCUT2D eigenvalue weighted by atomic mass is 10.0. The van der Waals surface area contributed by atoms with Crippen molar-refractivity contribution in [3.8, 4) is 11.3 Å². The average Bonchev–Trinajstić information content (AvgIpc) is 2.48. The molecule has 0 radical (unpaired) electrons. The number of hydrogen-bond donors (Lipinski definition) is 2. The van der Waals surface area contributed by atoms with E-state index in [9.17, 15) is 14.0 Å². The minimum Gasteiger partial charge on any atom is -0.478 e. The molecule has 21 heavy (non-hydrogen) atoms. The second kappa shape index (κ2) is 4.82. The zero-order valence-corrected chi connectivity index (χ0v) is 10.6. The van der Waals surface area contributed by atoms with Crippen LogP contribution in [-0.2, 0) is 0 Å². The van der Waals surface area contributed by atoms with E-state index in [1.807, 2.05) is 0 Å². The fourth-order valence-electron chi connectivity index (χ4n) is 2.17. The molecule has 6 heteroatoms.